The van der Waals surface area contributed by atoms with Crippen LogP contribution in [0.3, 0.4) is 0 Å². The number of amides is 1. The van der Waals surface area contributed by atoms with E-state index in [2.05, 4.69) is 40.7 Å². The van der Waals surface area contributed by atoms with Crippen LogP contribution in [0.25, 0.3) is 0 Å². The molecule has 0 radical (unpaired) electrons. The maximum absolute atomic E-state index is 11.3. The Morgan fingerprint density at radius 3 is 2.75 bits per heavy atom. The van der Waals surface area contributed by atoms with Crippen LogP contribution in [0, 0.1) is 6.92 Å². The summed E-state index contributed by atoms with van der Waals surface area (Å²) in [5.74, 6) is 0.0822. The van der Waals surface area contributed by atoms with Gasteiger partial charge in [0.05, 0.1) is 0 Å². The van der Waals surface area contributed by atoms with Crippen molar-refractivity contribution in [2.24, 2.45) is 0 Å². The number of nitrogens with zero attached hydrogens (tertiary/aromatic N) is 1. The van der Waals surface area contributed by atoms with E-state index in [0.717, 1.165) is 19.1 Å². The molecule has 1 saturated carbocycles. The van der Waals surface area contributed by atoms with Crippen LogP contribution < -0.4 is 15.5 Å². The number of anilines is 1. The van der Waals surface area contributed by atoms with Crippen LogP contribution in [-0.4, -0.2) is 32.6 Å². The largest absolute Gasteiger partial charge is 0.374 e. The van der Waals surface area contributed by atoms with Gasteiger partial charge in [0.15, 0.2) is 0 Å². The molecule has 110 valence electrons. The Balaban J connectivity index is 1.90. The SMILES string of the molecule is CNC(=O)CCN(C)c1ccc(CNC2CC2)c(C)c1. The van der Waals surface area contributed by atoms with Gasteiger partial charge in [0.2, 0.25) is 5.91 Å². The standard InChI is InChI=1S/C16H25N3O/c1-12-10-15(19(3)9-8-16(20)17-2)7-4-13(12)11-18-14-5-6-14/h4,7,10,14,18H,5-6,8-9,11H2,1-3H3,(H,17,20). The smallest absolute Gasteiger partial charge is 0.221 e. The van der Waals surface area contributed by atoms with E-state index in [0.29, 0.717) is 6.42 Å². The van der Waals surface area contributed by atoms with Crippen molar-refractivity contribution in [2.45, 2.75) is 38.8 Å². The molecule has 4 nitrogen and oxygen atoms in total. The molecule has 0 saturated heterocycles. The molecule has 0 atom stereocenters. The fourth-order valence-electron chi connectivity index (χ4n) is 2.18. The molecule has 2 N–H and O–H groups in total. The highest BCUT2D eigenvalue weighted by molar-refractivity contribution is 5.76. The molecule has 1 amide bonds. The average Bonchev–Trinajstić information content (AvgIpc) is 3.27. The van der Waals surface area contributed by atoms with Gasteiger partial charge in [-0.05, 0) is 43.0 Å². The van der Waals surface area contributed by atoms with E-state index in [1.54, 1.807) is 7.05 Å². The first-order valence-electron chi connectivity index (χ1n) is 7.35. The van der Waals surface area contributed by atoms with Crippen molar-refractivity contribution in [3.8, 4) is 0 Å². The molecule has 1 aliphatic rings. The number of benzene rings is 1. The summed E-state index contributed by atoms with van der Waals surface area (Å²) in [7, 11) is 3.70. The van der Waals surface area contributed by atoms with Gasteiger partial charge in [0.1, 0.15) is 0 Å². The van der Waals surface area contributed by atoms with Gasteiger partial charge in [-0.3, -0.25) is 4.79 Å². The number of aryl methyl sites for hydroxylation is 1. The third-order valence-electron chi connectivity index (χ3n) is 3.88. The van der Waals surface area contributed by atoms with Gasteiger partial charge in [-0.1, -0.05) is 6.07 Å². The van der Waals surface area contributed by atoms with Crippen LogP contribution in [-0.2, 0) is 11.3 Å². The van der Waals surface area contributed by atoms with Gasteiger partial charge in [0, 0.05) is 45.3 Å². The molecule has 20 heavy (non-hydrogen) atoms. The van der Waals surface area contributed by atoms with Crippen molar-refractivity contribution in [3.05, 3.63) is 29.3 Å². The fraction of sp³-hybridized carbons (Fsp3) is 0.562. The summed E-state index contributed by atoms with van der Waals surface area (Å²) in [6.07, 6.45) is 3.16. The number of rotatable bonds is 7. The van der Waals surface area contributed by atoms with Gasteiger partial charge in [-0.2, -0.15) is 0 Å². The second-order valence-corrected chi connectivity index (χ2v) is 5.61. The molecule has 1 aromatic carbocycles. The van der Waals surface area contributed by atoms with Crippen molar-refractivity contribution >= 4 is 11.6 Å². The van der Waals surface area contributed by atoms with E-state index in [9.17, 15) is 4.79 Å². The molecular weight excluding hydrogens is 250 g/mol. The molecule has 0 unspecified atom stereocenters. The zero-order valence-electron chi connectivity index (χ0n) is 12.7. The van der Waals surface area contributed by atoms with Crippen molar-refractivity contribution in [1.82, 2.24) is 10.6 Å². The minimum Gasteiger partial charge on any atom is -0.374 e. The summed E-state index contributed by atoms with van der Waals surface area (Å²) in [4.78, 5) is 13.4. The molecule has 0 heterocycles. The van der Waals surface area contributed by atoms with Crippen LogP contribution in [0.1, 0.15) is 30.4 Å². The summed E-state index contributed by atoms with van der Waals surface area (Å²) >= 11 is 0. The van der Waals surface area contributed by atoms with E-state index in [1.807, 2.05) is 7.05 Å². The topological polar surface area (TPSA) is 44.4 Å². The second-order valence-electron chi connectivity index (χ2n) is 5.61. The lowest BCUT2D eigenvalue weighted by atomic mass is 10.1. The summed E-state index contributed by atoms with van der Waals surface area (Å²) in [5.41, 5.74) is 3.84. The summed E-state index contributed by atoms with van der Waals surface area (Å²) < 4.78 is 0. The van der Waals surface area contributed by atoms with Gasteiger partial charge < -0.3 is 15.5 Å². The number of carbonyl (C=O) groups excluding carboxylic acids is 1. The fourth-order valence-corrected chi connectivity index (χ4v) is 2.18. The highest BCUT2D eigenvalue weighted by Crippen LogP contribution is 2.22. The Kier molecular flexibility index (Phi) is 5.01. The van der Waals surface area contributed by atoms with E-state index >= 15 is 0 Å². The maximum atomic E-state index is 11.3. The maximum Gasteiger partial charge on any atom is 0.221 e. The predicted octanol–water partition coefficient (Wildman–Crippen LogP) is 1.82. The first-order chi connectivity index (χ1) is 9.60. The Bertz CT molecular complexity index is 469. The Morgan fingerprint density at radius 2 is 2.15 bits per heavy atom. The third-order valence-corrected chi connectivity index (χ3v) is 3.88. The lowest BCUT2D eigenvalue weighted by Crippen LogP contribution is -2.26. The van der Waals surface area contributed by atoms with Crippen LogP contribution in [0.4, 0.5) is 5.69 Å². The van der Waals surface area contributed by atoms with E-state index in [4.69, 9.17) is 0 Å². The Hall–Kier alpha value is -1.55. The van der Waals surface area contributed by atoms with Gasteiger partial charge in [0.25, 0.3) is 0 Å². The number of hydrogen-bond donors (Lipinski definition) is 2. The predicted molar refractivity (Wildman–Crippen MR) is 83.0 cm³/mol. The van der Waals surface area contributed by atoms with Crippen LogP contribution >= 0.6 is 0 Å². The summed E-state index contributed by atoms with van der Waals surface area (Å²) in [6, 6.07) is 7.27. The average molecular weight is 275 g/mol. The molecule has 1 aliphatic carbocycles. The Labute approximate surface area is 121 Å². The molecule has 1 fully saturated rings. The molecule has 1 aromatic rings. The zero-order chi connectivity index (χ0) is 14.5. The van der Waals surface area contributed by atoms with Crippen LogP contribution in [0.15, 0.2) is 18.2 Å². The van der Waals surface area contributed by atoms with Crippen molar-refractivity contribution in [2.75, 3.05) is 25.5 Å². The van der Waals surface area contributed by atoms with Crippen molar-refractivity contribution in [3.63, 3.8) is 0 Å². The summed E-state index contributed by atoms with van der Waals surface area (Å²) in [6.45, 7) is 3.84. The number of carbonyl (C=O) groups is 1. The Morgan fingerprint density at radius 1 is 1.40 bits per heavy atom. The molecule has 0 bridgehead atoms. The lowest BCUT2D eigenvalue weighted by Gasteiger charge is -2.20. The molecule has 4 heteroatoms. The molecule has 0 spiro atoms. The number of nitrogens with one attached hydrogen (secondary N) is 2. The minimum absolute atomic E-state index is 0.0822. The van der Waals surface area contributed by atoms with Gasteiger partial charge in [-0.25, -0.2) is 0 Å². The third kappa shape index (κ3) is 4.23. The van der Waals surface area contributed by atoms with Gasteiger partial charge >= 0.3 is 0 Å². The quantitative estimate of drug-likeness (QED) is 0.798. The summed E-state index contributed by atoms with van der Waals surface area (Å²) in [5, 5.41) is 6.20. The van der Waals surface area contributed by atoms with Crippen molar-refractivity contribution < 1.29 is 4.79 Å². The highest BCUT2D eigenvalue weighted by atomic mass is 16.1. The first kappa shape index (κ1) is 14.9. The van der Waals surface area contributed by atoms with E-state index in [1.165, 1.54) is 29.7 Å². The molecular formula is C16H25N3O. The first-order valence-corrected chi connectivity index (χ1v) is 7.35. The van der Waals surface area contributed by atoms with Gasteiger partial charge in [-0.15, -0.1) is 0 Å². The highest BCUT2D eigenvalue weighted by Gasteiger charge is 2.20. The molecule has 0 aromatic heterocycles. The van der Waals surface area contributed by atoms with Crippen LogP contribution in [0.5, 0.6) is 0 Å². The van der Waals surface area contributed by atoms with E-state index in [-0.39, 0.29) is 5.91 Å². The van der Waals surface area contributed by atoms with Crippen molar-refractivity contribution in [1.29, 1.82) is 0 Å². The molecule has 0 aliphatic heterocycles. The number of hydrogen-bond acceptors (Lipinski definition) is 3. The monoisotopic (exact) mass is 275 g/mol. The minimum atomic E-state index is 0.0822. The zero-order valence-corrected chi connectivity index (χ0v) is 12.7. The normalized spacial score (nSPS) is 14.2. The molecule has 2 rings (SSSR count). The lowest BCUT2D eigenvalue weighted by molar-refractivity contribution is -0.120. The van der Waals surface area contributed by atoms with Crippen LogP contribution in [0.2, 0.25) is 0 Å². The van der Waals surface area contributed by atoms with E-state index < -0.39 is 0 Å². The second kappa shape index (κ2) is 6.75.